The molecular formula is C13H21NO6. The van der Waals surface area contributed by atoms with Crippen LogP contribution in [-0.2, 0) is 19.1 Å². The van der Waals surface area contributed by atoms with Crippen molar-refractivity contribution in [2.75, 3.05) is 13.7 Å². The van der Waals surface area contributed by atoms with Gasteiger partial charge in [0.15, 0.2) is 0 Å². The Bertz CT molecular complexity index is 400. The third-order valence-corrected chi connectivity index (χ3v) is 2.98. The van der Waals surface area contributed by atoms with E-state index in [0.29, 0.717) is 0 Å². The first-order chi connectivity index (χ1) is 9.14. The summed E-state index contributed by atoms with van der Waals surface area (Å²) >= 11 is 0. The minimum Gasteiger partial charge on any atom is -0.480 e. The molecule has 1 rings (SSSR count). The van der Waals surface area contributed by atoms with Crippen LogP contribution in [0.4, 0.5) is 4.79 Å². The van der Waals surface area contributed by atoms with Crippen molar-refractivity contribution in [3.8, 4) is 0 Å². The van der Waals surface area contributed by atoms with Crippen molar-refractivity contribution >= 4 is 18.0 Å². The Morgan fingerprint density at radius 1 is 1.30 bits per heavy atom. The Kier molecular flexibility index (Phi) is 4.97. The highest BCUT2D eigenvalue weighted by Gasteiger charge is 2.42. The predicted molar refractivity (Wildman–Crippen MR) is 69.1 cm³/mol. The highest BCUT2D eigenvalue weighted by atomic mass is 16.6. The molecule has 1 amide bonds. The summed E-state index contributed by atoms with van der Waals surface area (Å²) in [6.07, 6.45) is -0.347. The molecule has 0 saturated carbocycles. The smallest absolute Gasteiger partial charge is 0.411 e. The fourth-order valence-corrected chi connectivity index (χ4v) is 2.15. The predicted octanol–water partition coefficient (Wildman–Crippen LogP) is 1.26. The van der Waals surface area contributed by atoms with Crippen molar-refractivity contribution in [2.45, 2.75) is 45.3 Å². The number of rotatable bonds is 3. The van der Waals surface area contributed by atoms with Crippen LogP contribution < -0.4 is 0 Å². The zero-order chi connectivity index (χ0) is 15.5. The fraction of sp³-hybridized carbons (Fsp3) is 0.769. The highest BCUT2D eigenvalue weighted by Crippen LogP contribution is 2.28. The SMILES string of the molecule is COC(=O)CC1CC(C(=O)O)N(C(=O)OC(C)(C)C)C1. The summed E-state index contributed by atoms with van der Waals surface area (Å²) in [6.45, 7) is 5.31. The average Bonchev–Trinajstić information content (AvgIpc) is 2.70. The van der Waals surface area contributed by atoms with Crippen LogP contribution >= 0.6 is 0 Å². The molecule has 1 aliphatic heterocycles. The number of carboxylic acid groups (broad SMARTS) is 1. The molecule has 7 nitrogen and oxygen atoms in total. The van der Waals surface area contributed by atoms with Crippen LogP contribution in [0.5, 0.6) is 0 Å². The molecular weight excluding hydrogens is 266 g/mol. The second-order valence-electron chi connectivity index (χ2n) is 5.87. The van der Waals surface area contributed by atoms with E-state index < -0.39 is 29.7 Å². The zero-order valence-corrected chi connectivity index (χ0v) is 12.2. The summed E-state index contributed by atoms with van der Waals surface area (Å²) in [5.41, 5.74) is -0.694. The zero-order valence-electron chi connectivity index (χ0n) is 12.2. The van der Waals surface area contributed by atoms with E-state index in [1.54, 1.807) is 20.8 Å². The van der Waals surface area contributed by atoms with Gasteiger partial charge < -0.3 is 14.6 Å². The average molecular weight is 287 g/mol. The van der Waals surface area contributed by atoms with Gasteiger partial charge in [-0.15, -0.1) is 0 Å². The van der Waals surface area contributed by atoms with Crippen LogP contribution in [0, 0.1) is 5.92 Å². The van der Waals surface area contributed by atoms with Crippen molar-refractivity contribution < 1.29 is 29.0 Å². The van der Waals surface area contributed by atoms with Gasteiger partial charge in [-0.3, -0.25) is 9.69 Å². The molecule has 20 heavy (non-hydrogen) atoms. The van der Waals surface area contributed by atoms with E-state index in [1.807, 2.05) is 0 Å². The molecule has 0 aliphatic carbocycles. The van der Waals surface area contributed by atoms with Crippen LogP contribution in [0.15, 0.2) is 0 Å². The van der Waals surface area contributed by atoms with Gasteiger partial charge in [-0.2, -0.15) is 0 Å². The lowest BCUT2D eigenvalue weighted by Gasteiger charge is -2.26. The first-order valence-corrected chi connectivity index (χ1v) is 6.43. The van der Waals surface area contributed by atoms with Gasteiger partial charge in [0.05, 0.1) is 13.5 Å². The Labute approximate surface area is 117 Å². The molecule has 1 fully saturated rings. The van der Waals surface area contributed by atoms with Crippen LogP contribution in [0.25, 0.3) is 0 Å². The van der Waals surface area contributed by atoms with Gasteiger partial charge in [0.25, 0.3) is 0 Å². The number of hydrogen-bond acceptors (Lipinski definition) is 5. The maximum Gasteiger partial charge on any atom is 0.411 e. The topological polar surface area (TPSA) is 93.1 Å². The molecule has 1 aliphatic rings. The number of methoxy groups -OCH3 is 1. The van der Waals surface area contributed by atoms with Crippen molar-refractivity contribution in [2.24, 2.45) is 5.92 Å². The third-order valence-electron chi connectivity index (χ3n) is 2.98. The largest absolute Gasteiger partial charge is 0.480 e. The molecule has 1 saturated heterocycles. The number of carboxylic acids is 1. The Balaban J connectivity index is 2.75. The number of likely N-dealkylation sites (tertiary alicyclic amines) is 1. The maximum atomic E-state index is 12.0. The molecule has 0 aromatic heterocycles. The summed E-state index contributed by atoms with van der Waals surface area (Å²) in [7, 11) is 1.28. The van der Waals surface area contributed by atoms with Gasteiger partial charge in [-0.05, 0) is 33.1 Å². The van der Waals surface area contributed by atoms with Crippen molar-refractivity contribution in [3.63, 3.8) is 0 Å². The van der Waals surface area contributed by atoms with E-state index in [2.05, 4.69) is 4.74 Å². The molecule has 7 heteroatoms. The van der Waals surface area contributed by atoms with Crippen LogP contribution in [0.1, 0.15) is 33.6 Å². The molecule has 0 bridgehead atoms. The van der Waals surface area contributed by atoms with E-state index in [0.717, 1.165) is 0 Å². The number of ether oxygens (including phenoxy) is 2. The standard InChI is InChI=1S/C13H21NO6/c1-13(2,3)20-12(18)14-7-8(6-10(15)19-4)5-9(14)11(16)17/h8-9H,5-7H2,1-4H3,(H,16,17). The minimum atomic E-state index is -1.09. The molecule has 0 spiro atoms. The third kappa shape index (κ3) is 4.40. The second-order valence-corrected chi connectivity index (χ2v) is 5.87. The quantitative estimate of drug-likeness (QED) is 0.785. The van der Waals surface area contributed by atoms with Gasteiger partial charge in [-0.1, -0.05) is 0 Å². The number of carbonyl (C=O) groups excluding carboxylic acids is 2. The van der Waals surface area contributed by atoms with E-state index in [9.17, 15) is 19.5 Å². The highest BCUT2D eigenvalue weighted by molar-refractivity contribution is 5.81. The van der Waals surface area contributed by atoms with Crippen LogP contribution in [-0.4, -0.2) is 53.3 Å². The lowest BCUT2D eigenvalue weighted by Crippen LogP contribution is -2.43. The number of nitrogens with zero attached hydrogens (tertiary/aromatic N) is 1. The van der Waals surface area contributed by atoms with Gasteiger partial charge >= 0.3 is 18.0 Å². The van der Waals surface area contributed by atoms with Gasteiger partial charge in [0, 0.05) is 6.54 Å². The van der Waals surface area contributed by atoms with Crippen molar-refractivity contribution in [1.29, 1.82) is 0 Å². The molecule has 1 N–H and O–H groups in total. The van der Waals surface area contributed by atoms with Gasteiger partial charge in [0.1, 0.15) is 11.6 Å². The minimum absolute atomic E-state index is 0.0968. The van der Waals surface area contributed by atoms with E-state index in [-0.39, 0.29) is 25.3 Å². The Morgan fingerprint density at radius 2 is 1.90 bits per heavy atom. The first-order valence-electron chi connectivity index (χ1n) is 6.43. The van der Waals surface area contributed by atoms with E-state index in [1.165, 1.54) is 12.0 Å². The van der Waals surface area contributed by atoms with Gasteiger partial charge in [-0.25, -0.2) is 9.59 Å². The molecule has 0 aromatic rings. The van der Waals surface area contributed by atoms with Crippen LogP contribution in [0.3, 0.4) is 0 Å². The molecule has 2 atom stereocenters. The number of aliphatic carboxylic acids is 1. The first kappa shape index (κ1) is 16.3. The number of carbonyl (C=O) groups is 3. The lowest BCUT2D eigenvalue weighted by molar-refractivity contribution is -0.143. The molecule has 114 valence electrons. The number of amides is 1. The van der Waals surface area contributed by atoms with Crippen molar-refractivity contribution in [1.82, 2.24) is 4.90 Å². The lowest BCUT2D eigenvalue weighted by atomic mass is 10.0. The summed E-state index contributed by atoms with van der Waals surface area (Å²) < 4.78 is 9.75. The summed E-state index contributed by atoms with van der Waals surface area (Å²) in [6, 6.07) is -0.959. The van der Waals surface area contributed by atoms with Gasteiger partial charge in [0.2, 0.25) is 0 Å². The Morgan fingerprint density at radius 3 is 2.35 bits per heavy atom. The molecule has 1 heterocycles. The second kappa shape index (κ2) is 6.11. The summed E-state index contributed by atoms with van der Waals surface area (Å²) in [5, 5.41) is 9.17. The Hall–Kier alpha value is -1.79. The van der Waals surface area contributed by atoms with Crippen LogP contribution in [0.2, 0.25) is 0 Å². The number of hydrogen-bond donors (Lipinski definition) is 1. The molecule has 2 unspecified atom stereocenters. The fourth-order valence-electron chi connectivity index (χ4n) is 2.15. The van der Waals surface area contributed by atoms with E-state index >= 15 is 0 Å². The summed E-state index contributed by atoms with van der Waals surface area (Å²) in [4.78, 5) is 35.6. The monoisotopic (exact) mass is 287 g/mol. The van der Waals surface area contributed by atoms with E-state index in [4.69, 9.17) is 4.74 Å². The normalized spacial score (nSPS) is 22.5. The summed E-state index contributed by atoms with van der Waals surface area (Å²) in [5.74, 6) is -1.73. The van der Waals surface area contributed by atoms with Crippen molar-refractivity contribution in [3.05, 3.63) is 0 Å². The number of esters is 1. The maximum absolute atomic E-state index is 12.0. The molecule has 0 radical (unpaired) electrons. The molecule has 0 aromatic carbocycles.